The molecule has 1 rings (SSSR count). The molecular formula is C14H28N2O2. The molecular weight excluding hydrogens is 228 g/mol. The van der Waals surface area contributed by atoms with E-state index < -0.39 is 11.6 Å². The normalized spacial score (nSPS) is 23.7. The number of aliphatic hydroxyl groups is 1. The molecule has 1 amide bonds. The molecule has 4 N–H and O–H groups in total. The van der Waals surface area contributed by atoms with Gasteiger partial charge in [0.15, 0.2) is 0 Å². The quantitative estimate of drug-likeness (QED) is 0.712. The molecule has 1 aliphatic rings. The molecule has 4 heteroatoms. The lowest BCUT2D eigenvalue weighted by molar-refractivity contribution is -0.125. The first-order valence-corrected chi connectivity index (χ1v) is 6.91. The maximum Gasteiger partial charge on any atom is 0.237 e. The van der Waals surface area contributed by atoms with E-state index >= 15 is 0 Å². The van der Waals surface area contributed by atoms with Crippen molar-refractivity contribution in [2.75, 3.05) is 6.54 Å². The summed E-state index contributed by atoms with van der Waals surface area (Å²) in [5, 5.41) is 13.2. The summed E-state index contributed by atoms with van der Waals surface area (Å²) in [6.07, 6.45) is 3.49. The third-order valence-corrected chi connectivity index (χ3v) is 4.15. The summed E-state index contributed by atoms with van der Waals surface area (Å²) in [5.41, 5.74) is 5.33. The van der Waals surface area contributed by atoms with Gasteiger partial charge >= 0.3 is 0 Å². The standard InChI is InChI=1S/C14H28N2O2/c1-10(2)11(15)12(17)16-9-14(18)7-5-13(3,4)6-8-14/h10-11,18H,5-9,15H2,1-4H3,(H,16,17)/t11-/m0/s1. The Morgan fingerprint density at radius 3 is 2.22 bits per heavy atom. The predicted octanol–water partition coefficient (Wildman–Crippen LogP) is 1.42. The van der Waals surface area contributed by atoms with Crippen molar-refractivity contribution in [2.24, 2.45) is 17.1 Å². The van der Waals surface area contributed by atoms with E-state index in [4.69, 9.17) is 5.73 Å². The molecule has 1 atom stereocenters. The Hall–Kier alpha value is -0.610. The van der Waals surface area contributed by atoms with Crippen molar-refractivity contribution in [1.82, 2.24) is 5.32 Å². The Morgan fingerprint density at radius 2 is 1.78 bits per heavy atom. The van der Waals surface area contributed by atoms with Crippen LogP contribution in [0.4, 0.5) is 0 Å². The first-order chi connectivity index (χ1) is 8.15. The van der Waals surface area contributed by atoms with Crippen molar-refractivity contribution in [3.05, 3.63) is 0 Å². The molecule has 0 unspecified atom stereocenters. The van der Waals surface area contributed by atoms with Crippen molar-refractivity contribution in [2.45, 2.75) is 65.0 Å². The van der Waals surface area contributed by atoms with Crippen LogP contribution in [-0.4, -0.2) is 29.2 Å². The second-order valence-electron chi connectivity index (χ2n) is 6.88. The summed E-state index contributed by atoms with van der Waals surface area (Å²) >= 11 is 0. The van der Waals surface area contributed by atoms with Gasteiger partial charge in [-0.2, -0.15) is 0 Å². The van der Waals surface area contributed by atoms with Crippen LogP contribution in [-0.2, 0) is 4.79 Å². The fourth-order valence-corrected chi connectivity index (χ4v) is 2.24. The van der Waals surface area contributed by atoms with Crippen LogP contribution in [0.2, 0.25) is 0 Å². The van der Waals surface area contributed by atoms with Gasteiger partial charge in [0.2, 0.25) is 5.91 Å². The molecule has 0 aromatic heterocycles. The van der Waals surface area contributed by atoms with Gasteiger partial charge < -0.3 is 16.2 Å². The molecule has 0 radical (unpaired) electrons. The highest BCUT2D eigenvalue weighted by Crippen LogP contribution is 2.39. The highest BCUT2D eigenvalue weighted by molar-refractivity contribution is 5.81. The van der Waals surface area contributed by atoms with Crippen molar-refractivity contribution in [1.29, 1.82) is 0 Å². The van der Waals surface area contributed by atoms with Crippen LogP contribution in [0.3, 0.4) is 0 Å². The Balaban J connectivity index is 2.42. The number of carbonyl (C=O) groups is 1. The Morgan fingerprint density at radius 1 is 1.28 bits per heavy atom. The van der Waals surface area contributed by atoms with Crippen LogP contribution in [0.5, 0.6) is 0 Å². The van der Waals surface area contributed by atoms with Crippen LogP contribution < -0.4 is 11.1 Å². The fourth-order valence-electron chi connectivity index (χ4n) is 2.24. The smallest absolute Gasteiger partial charge is 0.237 e. The maximum absolute atomic E-state index is 11.7. The van der Waals surface area contributed by atoms with E-state index in [1.165, 1.54) is 0 Å². The maximum atomic E-state index is 11.7. The third-order valence-electron chi connectivity index (χ3n) is 4.15. The molecule has 1 aliphatic carbocycles. The van der Waals surface area contributed by atoms with Gasteiger partial charge in [0.05, 0.1) is 11.6 Å². The third kappa shape index (κ3) is 4.25. The molecule has 0 aromatic rings. The molecule has 106 valence electrons. The van der Waals surface area contributed by atoms with Gasteiger partial charge in [-0.05, 0) is 37.0 Å². The highest BCUT2D eigenvalue weighted by atomic mass is 16.3. The van der Waals surface area contributed by atoms with Gasteiger partial charge in [0, 0.05) is 6.54 Å². The number of hydrogen-bond donors (Lipinski definition) is 3. The molecule has 4 nitrogen and oxygen atoms in total. The zero-order valence-corrected chi connectivity index (χ0v) is 12.1. The first kappa shape index (κ1) is 15.4. The number of nitrogens with two attached hydrogens (primary N) is 1. The topological polar surface area (TPSA) is 75.4 Å². The first-order valence-electron chi connectivity index (χ1n) is 6.91. The number of hydrogen-bond acceptors (Lipinski definition) is 3. The van der Waals surface area contributed by atoms with E-state index in [1.807, 2.05) is 13.8 Å². The molecule has 0 heterocycles. The van der Waals surface area contributed by atoms with Crippen molar-refractivity contribution in [3.63, 3.8) is 0 Å². The monoisotopic (exact) mass is 256 g/mol. The van der Waals surface area contributed by atoms with Crippen LogP contribution in [0, 0.1) is 11.3 Å². The van der Waals surface area contributed by atoms with Crippen LogP contribution in [0.1, 0.15) is 53.4 Å². The van der Waals surface area contributed by atoms with Gasteiger partial charge in [0.1, 0.15) is 0 Å². The summed E-state index contributed by atoms with van der Waals surface area (Å²) in [6, 6.07) is -0.492. The molecule has 0 aliphatic heterocycles. The second-order valence-corrected chi connectivity index (χ2v) is 6.88. The lowest BCUT2D eigenvalue weighted by Gasteiger charge is -2.40. The predicted molar refractivity (Wildman–Crippen MR) is 73.0 cm³/mol. The van der Waals surface area contributed by atoms with Crippen molar-refractivity contribution in [3.8, 4) is 0 Å². The average Bonchev–Trinajstić information content (AvgIpc) is 2.30. The second kappa shape index (κ2) is 5.57. The van der Waals surface area contributed by atoms with Crippen LogP contribution in [0.15, 0.2) is 0 Å². The lowest BCUT2D eigenvalue weighted by Crippen LogP contribution is -2.51. The number of amides is 1. The number of carbonyl (C=O) groups excluding carboxylic acids is 1. The summed E-state index contributed by atoms with van der Waals surface area (Å²) in [4.78, 5) is 11.7. The van der Waals surface area contributed by atoms with E-state index in [1.54, 1.807) is 0 Å². The van der Waals surface area contributed by atoms with E-state index in [0.29, 0.717) is 12.0 Å². The zero-order chi connectivity index (χ0) is 14.0. The van der Waals surface area contributed by atoms with Gasteiger partial charge in [0.25, 0.3) is 0 Å². The summed E-state index contributed by atoms with van der Waals surface area (Å²) in [5.74, 6) is -0.0480. The van der Waals surface area contributed by atoms with E-state index in [-0.39, 0.29) is 11.8 Å². The molecule has 0 spiro atoms. The van der Waals surface area contributed by atoms with Crippen molar-refractivity contribution < 1.29 is 9.90 Å². The largest absolute Gasteiger partial charge is 0.388 e. The number of rotatable bonds is 4. The Bertz CT molecular complexity index is 290. The zero-order valence-electron chi connectivity index (χ0n) is 12.1. The van der Waals surface area contributed by atoms with E-state index in [9.17, 15) is 9.90 Å². The van der Waals surface area contributed by atoms with Crippen LogP contribution in [0.25, 0.3) is 0 Å². The highest BCUT2D eigenvalue weighted by Gasteiger charge is 2.37. The molecule has 18 heavy (non-hydrogen) atoms. The molecule has 0 aromatic carbocycles. The average molecular weight is 256 g/mol. The molecule has 0 bridgehead atoms. The minimum absolute atomic E-state index is 0.116. The summed E-state index contributed by atoms with van der Waals surface area (Å²) in [6.45, 7) is 8.60. The molecule has 1 fully saturated rings. The van der Waals surface area contributed by atoms with Gasteiger partial charge in [-0.1, -0.05) is 27.7 Å². The Labute approximate surface area is 110 Å². The minimum Gasteiger partial charge on any atom is -0.388 e. The number of nitrogens with one attached hydrogen (secondary N) is 1. The summed E-state index contributed by atoms with van der Waals surface area (Å²) in [7, 11) is 0. The van der Waals surface area contributed by atoms with Gasteiger partial charge in [-0.25, -0.2) is 0 Å². The minimum atomic E-state index is -0.748. The van der Waals surface area contributed by atoms with E-state index in [2.05, 4.69) is 19.2 Å². The van der Waals surface area contributed by atoms with Gasteiger partial charge in [-0.3, -0.25) is 4.79 Å². The fraction of sp³-hybridized carbons (Fsp3) is 0.929. The van der Waals surface area contributed by atoms with Crippen molar-refractivity contribution >= 4 is 5.91 Å². The lowest BCUT2D eigenvalue weighted by atomic mass is 9.71. The molecule has 0 saturated heterocycles. The Kier molecular flexibility index (Phi) is 4.78. The SMILES string of the molecule is CC(C)[C@H](N)C(=O)NCC1(O)CCC(C)(C)CC1. The van der Waals surface area contributed by atoms with Crippen LogP contribution >= 0.6 is 0 Å². The van der Waals surface area contributed by atoms with E-state index in [0.717, 1.165) is 25.7 Å². The van der Waals surface area contributed by atoms with Gasteiger partial charge in [-0.15, -0.1) is 0 Å². The molecule has 1 saturated carbocycles. The summed E-state index contributed by atoms with van der Waals surface area (Å²) < 4.78 is 0.